The first-order valence-corrected chi connectivity index (χ1v) is 5.59. The number of hydrogen-bond donors (Lipinski definition) is 0. The lowest BCUT2D eigenvalue weighted by atomic mass is 10.3. The Hall–Kier alpha value is -0.610. The van der Waals surface area contributed by atoms with E-state index in [2.05, 4.69) is 4.40 Å². The van der Waals surface area contributed by atoms with Crippen LogP contribution >= 0.6 is 11.6 Å². The Labute approximate surface area is 90.8 Å². The third-order valence-corrected chi connectivity index (χ3v) is 2.94. The van der Waals surface area contributed by atoms with Gasteiger partial charge in [-0.25, -0.2) is 4.21 Å². The van der Waals surface area contributed by atoms with Crippen LogP contribution < -0.4 is 0 Å². The van der Waals surface area contributed by atoms with Crippen molar-refractivity contribution in [3.63, 3.8) is 0 Å². The van der Waals surface area contributed by atoms with E-state index >= 15 is 0 Å². The van der Waals surface area contributed by atoms with Crippen molar-refractivity contribution in [1.82, 2.24) is 0 Å². The summed E-state index contributed by atoms with van der Waals surface area (Å²) in [5.74, 6) is 0.507. The van der Waals surface area contributed by atoms with Crippen molar-refractivity contribution in [3.8, 4) is 0 Å². The standard InChI is InChI=1S/C9H12ClNO2S/c1-9(2,3)14(12)11-6-7-4-5-8(10)13-7/h4-6H,1-3H3/b11-6+. The van der Waals surface area contributed by atoms with E-state index in [1.54, 1.807) is 12.1 Å². The minimum atomic E-state index is -1.26. The summed E-state index contributed by atoms with van der Waals surface area (Å²) in [4.78, 5) is 0. The molecule has 0 spiro atoms. The third-order valence-electron chi connectivity index (χ3n) is 1.39. The summed E-state index contributed by atoms with van der Waals surface area (Å²) in [5.41, 5.74) is 0. The predicted molar refractivity (Wildman–Crippen MR) is 59.2 cm³/mol. The van der Waals surface area contributed by atoms with Crippen LogP contribution in [-0.2, 0) is 11.0 Å². The maximum atomic E-state index is 11.5. The molecule has 0 fully saturated rings. The Bertz CT molecular complexity index is 365. The van der Waals surface area contributed by atoms with Crippen LogP contribution in [0.1, 0.15) is 26.5 Å². The fourth-order valence-corrected chi connectivity index (χ4v) is 1.32. The monoisotopic (exact) mass is 233 g/mol. The Morgan fingerprint density at radius 1 is 1.50 bits per heavy atom. The SMILES string of the molecule is CC(C)(C)S(=O)/N=C/c1ccc(Cl)o1. The molecule has 0 amide bonds. The van der Waals surface area contributed by atoms with Gasteiger partial charge in [-0.3, -0.25) is 0 Å². The second kappa shape index (κ2) is 4.28. The molecular formula is C9H12ClNO2S. The molecule has 5 heteroatoms. The molecule has 0 aromatic carbocycles. The lowest BCUT2D eigenvalue weighted by Gasteiger charge is -2.12. The van der Waals surface area contributed by atoms with Crippen molar-refractivity contribution in [1.29, 1.82) is 0 Å². The van der Waals surface area contributed by atoms with E-state index in [0.717, 1.165) is 0 Å². The number of hydrogen-bond acceptors (Lipinski definition) is 2. The fourth-order valence-electron chi connectivity index (χ4n) is 0.656. The van der Waals surface area contributed by atoms with Crippen molar-refractivity contribution in [3.05, 3.63) is 23.1 Å². The van der Waals surface area contributed by atoms with Crippen molar-refractivity contribution in [2.45, 2.75) is 25.5 Å². The van der Waals surface area contributed by atoms with Crippen molar-refractivity contribution < 1.29 is 8.63 Å². The average molecular weight is 234 g/mol. The van der Waals surface area contributed by atoms with Gasteiger partial charge in [0.05, 0.1) is 11.0 Å². The Morgan fingerprint density at radius 2 is 2.14 bits per heavy atom. The summed E-state index contributed by atoms with van der Waals surface area (Å²) in [6.45, 7) is 5.57. The summed E-state index contributed by atoms with van der Waals surface area (Å²) in [6.07, 6.45) is 1.42. The average Bonchev–Trinajstić information content (AvgIpc) is 2.45. The Kier molecular flexibility index (Phi) is 3.50. The predicted octanol–water partition coefficient (Wildman–Crippen LogP) is 2.81. The number of halogens is 1. The van der Waals surface area contributed by atoms with Gasteiger partial charge in [-0.2, -0.15) is 4.40 Å². The van der Waals surface area contributed by atoms with Crippen molar-refractivity contribution in [2.24, 2.45) is 4.40 Å². The van der Waals surface area contributed by atoms with Crippen LogP contribution in [0, 0.1) is 0 Å². The topological polar surface area (TPSA) is 42.6 Å². The summed E-state index contributed by atoms with van der Waals surface area (Å²) in [6, 6.07) is 3.29. The molecule has 14 heavy (non-hydrogen) atoms. The molecule has 1 aromatic rings. The van der Waals surface area contributed by atoms with Crippen LogP contribution in [0.2, 0.25) is 5.22 Å². The van der Waals surface area contributed by atoms with Crippen LogP contribution in [0.3, 0.4) is 0 Å². The highest BCUT2D eigenvalue weighted by Gasteiger charge is 2.18. The van der Waals surface area contributed by atoms with Gasteiger partial charge in [-0.15, -0.1) is 0 Å². The van der Waals surface area contributed by atoms with Crippen molar-refractivity contribution in [2.75, 3.05) is 0 Å². The molecule has 78 valence electrons. The number of nitrogens with zero attached hydrogens (tertiary/aromatic N) is 1. The van der Waals surface area contributed by atoms with E-state index in [4.69, 9.17) is 16.0 Å². The Balaban J connectivity index is 2.70. The molecule has 1 heterocycles. The van der Waals surface area contributed by atoms with Gasteiger partial charge in [0, 0.05) is 0 Å². The molecule has 0 aliphatic carbocycles. The van der Waals surface area contributed by atoms with E-state index in [0.29, 0.717) is 11.0 Å². The van der Waals surface area contributed by atoms with Gasteiger partial charge in [-0.1, -0.05) is 0 Å². The molecule has 1 rings (SSSR count). The smallest absolute Gasteiger partial charge is 0.193 e. The maximum Gasteiger partial charge on any atom is 0.193 e. The number of rotatable bonds is 2. The zero-order chi connectivity index (χ0) is 10.8. The van der Waals surface area contributed by atoms with E-state index in [1.165, 1.54) is 6.21 Å². The third kappa shape index (κ3) is 3.27. The largest absolute Gasteiger partial charge is 0.444 e. The molecule has 0 saturated heterocycles. The van der Waals surface area contributed by atoms with Crippen molar-refractivity contribution >= 4 is 28.8 Å². The van der Waals surface area contributed by atoms with Crippen LogP contribution in [0.5, 0.6) is 0 Å². The molecule has 1 unspecified atom stereocenters. The Morgan fingerprint density at radius 3 is 2.57 bits per heavy atom. The summed E-state index contributed by atoms with van der Waals surface area (Å²) < 4.78 is 20.0. The maximum absolute atomic E-state index is 11.5. The highest BCUT2D eigenvalue weighted by molar-refractivity contribution is 7.85. The first-order valence-electron chi connectivity index (χ1n) is 4.11. The lowest BCUT2D eigenvalue weighted by molar-refractivity contribution is 0.562. The molecule has 0 radical (unpaired) electrons. The molecule has 0 saturated carbocycles. The van der Waals surface area contributed by atoms with Gasteiger partial charge in [0.25, 0.3) is 0 Å². The van der Waals surface area contributed by atoms with E-state index < -0.39 is 11.0 Å². The minimum absolute atomic E-state index is 0.299. The quantitative estimate of drug-likeness (QED) is 0.738. The molecule has 0 aliphatic rings. The first kappa shape index (κ1) is 11.5. The minimum Gasteiger partial charge on any atom is -0.444 e. The van der Waals surface area contributed by atoms with Crippen LogP contribution in [0.15, 0.2) is 20.9 Å². The van der Waals surface area contributed by atoms with Gasteiger partial charge < -0.3 is 4.42 Å². The lowest BCUT2D eigenvalue weighted by Crippen LogP contribution is -2.19. The second-order valence-corrected chi connectivity index (χ2v) is 6.04. The molecule has 0 N–H and O–H groups in total. The van der Waals surface area contributed by atoms with Gasteiger partial charge in [0.2, 0.25) is 0 Å². The highest BCUT2D eigenvalue weighted by atomic mass is 35.5. The molecule has 3 nitrogen and oxygen atoms in total. The first-order chi connectivity index (χ1) is 6.39. The molecule has 1 atom stereocenters. The molecule has 1 aromatic heterocycles. The van der Waals surface area contributed by atoms with E-state index in [1.807, 2.05) is 20.8 Å². The van der Waals surface area contributed by atoms with Crippen LogP contribution in [0.25, 0.3) is 0 Å². The zero-order valence-electron chi connectivity index (χ0n) is 8.28. The summed E-state index contributed by atoms with van der Waals surface area (Å²) >= 11 is 5.56. The van der Waals surface area contributed by atoms with Gasteiger partial charge in [0.1, 0.15) is 16.7 Å². The highest BCUT2D eigenvalue weighted by Crippen LogP contribution is 2.14. The summed E-state index contributed by atoms with van der Waals surface area (Å²) in [7, 11) is -1.26. The van der Waals surface area contributed by atoms with E-state index in [-0.39, 0.29) is 4.75 Å². The molecular weight excluding hydrogens is 222 g/mol. The second-order valence-electron chi connectivity index (χ2n) is 3.74. The number of furan rings is 1. The van der Waals surface area contributed by atoms with E-state index in [9.17, 15) is 4.21 Å². The van der Waals surface area contributed by atoms with Crippen LogP contribution in [-0.4, -0.2) is 15.2 Å². The van der Waals surface area contributed by atoms with Gasteiger partial charge in [-0.05, 0) is 44.5 Å². The molecule has 0 aliphatic heterocycles. The fraction of sp³-hybridized carbons (Fsp3) is 0.444. The normalized spacial score (nSPS) is 14.9. The zero-order valence-corrected chi connectivity index (χ0v) is 9.85. The molecule has 0 bridgehead atoms. The van der Waals surface area contributed by atoms with Crippen LogP contribution in [0.4, 0.5) is 0 Å². The van der Waals surface area contributed by atoms with Gasteiger partial charge >= 0.3 is 0 Å². The van der Waals surface area contributed by atoms with Gasteiger partial charge in [0.15, 0.2) is 5.22 Å². The summed E-state index contributed by atoms with van der Waals surface area (Å²) in [5, 5.41) is 0.299.